The van der Waals surface area contributed by atoms with Crippen LogP contribution in [-0.2, 0) is 9.59 Å². The van der Waals surface area contributed by atoms with Crippen molar-refractivity contribution in [3.8, 4) is 0 Å². The minimum absolute atomic E-state index is 0.0603. The molecule has 4 aliphatic rings. The van der Waals surface area contributed by atoms with Crippen molar-refractivity contribution >= 4 is 11.8 Å². The predicted octanol–water partition coefficient (Wildman–Crippen LogP) is 0.864. The number of carbonyl (C=O) groups excluding carboxylic acids is 1. The SMILES string of the molecule is C[C@]12CCC(=O)C=C1CCC1C2[C@@H](O)C[C@@]2(C)C1CC[C@@H]2C(NC(CO)(CO)CO)C(=O)O. The number of ketones is 1. The minimum Gasteiger partial charge on any atom is -0.480 e. The number of hydrogen-bond acceptors (Lipinski definition) is 7. The molecule has 3 saturated carbocycles. The molecule has 0 bridgehead atoms. The van der Waals surface area contributed by atoms with E-state index in [1.54, 1.807) is 6.08 Å². The lowest BCUT2D eigenvalue weighted by Gasteiger charge is -2.60. The number of carboxylic acid groups (broad SMARTS) is 1. The smallest absolute Gasteiger partial charge is 0.321 e. The zero-order chi connectivity index (χ0) is 24.2. The van der Waals surface area contributed by atoms with Gasteiger partial charge in [0.25, 0.3) is 0 Å². The molecule has 0 radical (unpaired) electrons. The molecule has 0 aliphatic heterocycles. The Morgan fingerprint density at radius 2 is 1.82 bits per heavy atom. The van der Waals surface area contributed by atoms with Gasteiger partial charge >= 0.3 is 5.97 Å². The molecule has 6 N–H and O–H groups in total. The number of nitrogens with one attached hydrogen (secondary N) is 1. The molecule has 0 saturated heterocycles. The van der Waals surface area contributed by atoms with Crippen LogP contribution in [0.1, 0.15) is 58.8 Å². The van der Waals surface area contributed by atoms with Crippen molar-refractivity contribution in [2.75, 3.05) is 19.8 Å². The quantitative estimate of drug-likeness (QED) is 0.324. The summed E-state index contributed by atoms with van der Waals surface area (Å²) >= 11 is 0. The van der Waals surface area contributed by atoms with Gasteiger partial charge in [0.2, 0.25) is 0 Å². The second-order valence-corrected chi connectivity index (χ2v) is 11.6. The van der Waals surface area contributed by atoms with Gasteiger partial charge in [-0.3, -0.25) is 14.9 Å². The summed E-state index contributed by atoms with van der Waals surface area (Å²) in [6.45, 7) is 2.52. The maximum Gasteiger partial charge on any atom is 0.321 e. The Kier molecular flexibility index (Phi) is 6.55. The molecule has 0 aromatic carbocycles. The van der Waals surface area contributed by atoms with Crippen molar-refractivity contribution in [3.05, 3.63) is 11.6 Å². The van der Waals surface area contributed by atoms with Gasteiger partial charge in [-0.2, -0.15) is 0 Å². The molecule has 0 amide bonds. The Morgan fingerprint density at radius 1 is 1.15 bits per heavy atom. The van der Waals surface area contributed by atoms with E-state index in [0.717, 1.165) is 25.7 Å². The van der Waals surface area contributed by atoms with Gasteiger partial charge < -0.3 is 25.5 Å². The van der Waals surface area contributed by atoms with E-state index in [1.165, 1.54) is 5.57 Å². The third kappa shape index (κ3) is 3.78. The van der Waals surface area contributed by atoms with E-state index in [-0.39, 0.29) is 34.9 Å². The van der Waals surface area contributed by atoms with E-state index in [4.69, 9.17) is 0 Å². The molecule has 186 valence electrons. The van der Waals surface area contributed by atoms with E-state index >= 15 is 0 Å². The standard InChI is InChI=1S/C25H39NO7/c1-23-8-7-15(30)9-14(23)3-4-16-17-5-6-18(24(17,2)10-19(31)20(16)23)21(22(32)33)26-25(11-27,12-28)13-29/h9,16-21,26-29,31H,3-8,10-13H2,1-2H3,(H,32,33)/t16?,17?,18-,19+,20?,21?,23+,24+/m1/s1. The van der Waals surface area contributed by atoms with E-state index in [9.17, 15) is 35.1 Å². The van der Waals surface area contributed by atoms with Crippen molar-refractivity contribution in [1.82, 2.24) is 5.32 Å². The second kappa shape index (κ2) is 8.72. The molecule has 8 atom stereocenters. The monoisotopic (exact) mass is 465 g/mol. The van der Waals surface area contributed by atoms with Crippen LogP contribution in [0, 0.1) is 34.5 Å². The van der Waals surface area contributed by atoms with Crippen molar-refractivity contribution in [1.29, 1.82) is 0 Å². The molecule has 0 spiro atoms. The van der Waals surface area contributed by atoms with Gasteiger partial charge in [-0.1, -0.05) is 19.4 Å². The lowest BCUT2D eigenvalue weighted by atomic mass is 9.45. The summed E-state index contributed by atoms with van der Waals surface area (Å²) in [5.41, 5.74) is -0.939. The van der Waals surface area contributed by atoms with Crippen LogP contribution in [0.5, 0.6) is 0 Å². The fourth-order valence-corrected chi connectivity index (χ4v) is 8.22. The molecule has 3 fully saturated rings. The first-order chi connectivity index (χ1) is 15.5. The molecule has 8 heteroatoms. The van der Waals surface area contributed by atoms with Gasteiger partial charge in [0, 0.05) is 6.42 Å². The van der Waals surface area contributed by atoms with Crippen molar-refractivity contribution in [2.45, 2.75) is 76.5 Å². The Hall–Kier alpha value is -1.32. The summed E-state index contributed by atoms with van der Waals surface area (Å²) in [6, 6.07) is -1.06. The number of aliphatic carboxylic acids is 1. The third-order valence-corrected chi connectivity index (χ3v) is 10.0. The number of fused-ring (bicyclic) bond motifs is 5. The fraction of sp³-hybridized carbons (Fsp3) is 0.840. The average Bonchev–Trinajstić information content (AvgIpc) is 3.11. The number of aliphatic hydroxyl groups excluding tert-OH is 4. The maximum absolute atomic E-state index is 12.4. The molecule has 4 rings (SSSR count). The van der Waals surface area contributed by atoms with Gasteiger partial charge in [0.15, 0.2) is 5.78 Å². The Bertz CT molecular complexity index is 815. The molecule has 4 unspecified atom stereocenters. The number of aliphatic hydroxyl groups is 4. The van der Waals surface area contributed by atoms with Crippen molar-refractivity contribution in [3.63, 3.8) is 0 Å². The molecule has 0 aromatic heterocycles. The highest BCUT2D eigenvalue weighted by atomic mass is 16.4. The molecule has 0 heterocycles. The van der Waals surface area contributed by atoms with E-state index < -0.39 is 48.9 Å². The summed E-state index contributed by atoms with van der Waals surface area (Å²) in [7, 11) is 0. The second-order valence-electron chi connectivity index (χ2n) is 11.6. The number of allylic oxidation sites excluding steroid dienone is 1. The van der Waals surface area contributed by atoms with Gasteiger partial charge in [0.05, 0.1) is 31.5 Å². The molecular weight excluding hydrogens is 426 g/mol. The average molecular weight is 466 g/mol. The molecule has 0 aromatic rings. The summed E-state index contributed by atoms with van der Waals surface area (Å²) in [6.07, 6.45) is 6.23. The van der Waals surface area contributed by atoms with Gasteiger partial charge in [-0.05, 0) is 79.1 Å². The number of rotatable bonds is 7. The Labute approximate surface area is 195 Å². The molecular formula is C25H39NO7. The normalized spacial score (nSPS) is 41.6. The molecule has 4 aliphatic carbocycles. The minimum atomic E-state index is -1.49. The number of carboxylic acids is 1. The highest BCUT2D eigenvalue weighted by Crippen LogP contribution is 2.67. The van der Waals surface area contributed by atoms with Crippen LogP contribution in [0.2, 0.25) is 0 Å². The van der Waals surface area contributed by atoms with E-state index in [0.29, 0.717) is 19.3 Å². The van der Waals surface area contributed by atoms with E-state index in [1.807, 2.05) is 0 Å². The van der Waals surface area contributed by atoms with Gasteiger partial charge in [-0.15, -0.1) is 0 Å². The van der Waals surface area contributed by atoms with Crippen LogP contribution >= 0.6 is 0 Å². The third-order valence-electron chi connectivity index (χ3n) is 10.0. The first-order valence-corrected chi connectivity index (χ1v) is 12.3. The first kappa shape index (κ1) is 24.8. The molecule has 8 nitrogen and oxygen atoms in total. The topological polar surface area (TPSA) is 147 Å². The van der Waals surface area contributed by atoms with Gasteiger partial charge in [-0.25, -0.2) is 0 Å². The highest BCUT2D eigenvalue weighted by Gasteiger charge is 2.63. The summed E-state index contributed by atoms with van der Waals surface area (Å²) < 4.78 is 0. The van der Waals surface area contributed by atoms with Crippen LogP contribution in [0.3, 0.4) is 0 Å². The number of hydrogen-bond donors (Lipinski definition) is 6. The van der Waals surface area contributed by atoms with Crippen molar-refractivity contribution in [2.24, 2.45) is 34.5 Å². The zero-order valence-electron chi connectivity index (χ0n) is 19.7. The fourth-order valence-electron chi connectivity index (χ4n) is 8.22. The predicted molar refractivity (Wildman–Crippen MR) is 120 cm³/mol. The molecule has 33 heavy (non-hydrogen) atoms. The summed E-state index contributed by atoms with van der Waals surface area (Å²) in [4.78, 5) is 24.4. The van der Waals surface area contributed by atoms with Crippen LogP contribution in [-0.4, -0.2) is 74.8 Å². The van der Waals surface area contributed by atoms with Crippen LogP contribution in [0.4, 0.5) is 0 Å². The van der Waals surface area contributed by atoms with E-state index in [2.05, 4.69) is 19.2 Å². The lowest BCUT2D eigenvalue weighted by Crippen LogP contribution is -2.64. The zero-order valence-corrected chi connectivity index (χ0v) is 19.7. The van der Waals surface area contributed by atoms with Crippen LogP contribution in [0.25, 0.3) is 0 Å². The Balaban J connectivity index is 1.65. The summed E-state index contributed by atoms with van der Waals surface area (Å²) in [5.74, 6) is -0.645. The first-order valence-electron chi connectivity index (χ1n) is 12.3. The number of carbonyl (C=O) groups is 2. The van der Waals surface area contributed by atoms with Crippen molar-refractivity contribution < 1.29 is 35.1 Å². The highest BCUT2D eigenvalue weighted by molar-refractivity contribution is 5.91. The summed E-state index contributed by atoms with van der Waals surface area (Å²) in [5, 5.41) is 53.7. The lowest BCUT2D eigenvalue weighted by molar-refractivity contribution is -0.152. The van der Waals surface area contributed by atoms with Gasteiger partial charge in [0.1, 0.15) is 6.04 Å². The largest absolute Gasteiger partial charge is 0.480 e. The maximum atomic E-state index is 12.4. The van der Waals surface area contributed by atoms with Crippen LogP contribution < -0.4 is 5.32 Å². The Morgan fingerprint density at radius 3 is 2.42 bits per heavy atom. The van der Waals surface area contributed by atoms with Crippen LogP contribution in [0.15, 0.2) is 11.6 Å².